The molecule has 1 N–H and O–H groups in total. The van der Waals surface area contributed by atoms with Gasteiger partial charge in [-0.05, 0) is 44.4 Å². The number of anilines is 1. The molecule has 0 aromatic heterocycles. The molecule has 0 unspecified atom stereocenters. The molecule has 2 heterocycles. The van der Waals surface area contributed by atoms with Crippen molar-refractivity contribution in [1.29, 1.82) is 0 Å². The highest BCUT2D eigenvalue weighted by molar-refractivity contribution is 5.94. The van der Waals surface area contributed by atoms with E-state index >= 15 is 0 Å². The van der Waals surface area contributed by atoms with Crippen LogP contribution in [-0.4, -0.2) is 78.4 Å². The maximum atomic E-state index is 13.3. The van der Waals surface area contributed by atoms with Crippen molar-refractivity contribution < 1.29 is 14.0 Å². The first-order valence-electron chi connectivity index (χ1n) is 9.83. The fraction of sp³-hybridized carbons (Fsp3) is 0.600. The molecular formula is C20H29FN4O2. The van der Waals surface area contributed by atoms with Crippen LogP contribution in [0, 0.1) is 5.82 Å². The molecule has 0 aliphatic carbocycles. The van der Waals surface area contributed by atoms with Gasteiger partial charge in [-0.2, -0.15) is 0 Å². The van der Waals surface area contributed by atoms with Crippen LogP contribution in [0.1, 0.15) is 26.2 Å². The number of carbonyl (C=O) groups excluding carboxylic acids is 2. The van der Waals surface area contributed by atoms with Crippen LogP contribution in [0.2, 0.25) is 0 Å². The third kappa shape index (κ3) is 5.49. The van der Waals surface area contributed by atoms with E-state index in [0.29, 0.717) is 12.2 Å². The number of hydrogen-bond acceptors (Lipinski definition) is 4. The fourth-order valence-corrected chi connectivity index (χ4v) is 3.72. The summed E-state index contributed by atoms with van der Waals surface area (Å²) in [6.45, 7) is 7.14. The minimum absolute atomic E-state index is 0.140. The van der Waals surface area contributed by atoms with Gasteiger partial charge in [0.1, 0.15) is 5.82 Å². The highest BCUT2D eigenvalue weighted by Crippen LogP contribution is 2.13. The molecule has 0 bridgehead atoms. The number of piperazine rings is 1. The standard InChI is InChI=1S/C20H29FN4O2/c1-16(20(27)22-18-7-5-6-17(21)14-18)24-12-10-23(11-13-24)15-19(26)25-8-3-2-4-9-25/h5-7,14,16H,2-4,8-13,15H2,1H3,(H,22,27)/t16-/m0/s1. The van der Waals surface area contributed by atoms with Crippen molar-refractivity contribution in [3.8, 4) is 0 Å². The number of amides is 2. The molecule has 2 saturated heterocycles. The van der Waals surface area contributed by atoms with E-state index in [9.17, 15) is 14.0 Å². The molecule has 2 amide bonds. The second-order valence-electron chi connectivity index (χ2n) is 7.43. The quantitative estimate of drug-likeness (QED) is 0.851. The Balaban J connectivity index is 1.43. The zero-order valence-electron chi connectivity index (χ0n) is 16.0. The predicted octanol–water partition coefficient (Wildman–Crippen LogP) is 1.78. The van der Waals surface area contributed by atoms with Crippen LogP contribution in [0.15, 0.2) is 24.3 Å². The van der Waals surface area contributed by atoms with Crippen LogP contribution in [-0.2, 0) is 9.59 Å². The summed E-state index contributed by atoms with van der Waals surface area (Å²) >= 11 is 0. The van der Waals surface area contributed by atoms with Gasteiger partial charge in [0, 0.05) is 45.0 Å². The molecule has 3 rings (SSSR count). The van der Waals surface area contributed by atoms with Gasteiger partial charge in [0.2, 0.25) is 11.8 Å². The maximum Gasteiger partial charge on any atom is 0.241 e. The number of hydrogen-bond donors (Lipinski definition) is 1. The summed E-state index contributed by atoms with van der Waals surface area (Å²) < 4.78 is 13.3. The van der Waals surface area contributed by atoms with Gasteiger partial charge >= 0.3 is 0 Å². The Morgan fingerprint density at radius 1 is 1.07 bits per heavy atom. The lowest BCUT2D eigenvalue weighted by Gasteiger charge is -2.38. The summed E-state index contributed by atoms with van der Waals surface area (Å²) in [6.07, 6.45) is 3.44. The van der Waals surface area contributed by atoms with Gasteiger partial charge in [0.15, 0.2) is 0 Å². The molecule has 0 radical (unpaired) electrons. The van der Waals surface area contributed by atoms with Crippen molar-refractivity contribution in [1.82, 2.24) is 14.7 Å². The molecule has 1 aromatic rings. The SMILES string of the molecule is C[C@@H](C(=O)Nc1cccc(F)c1)N1CCN(CC(=O)N2CCCCC2)CC1. The van der Waals surface area contributed by atoms with Gasteiger partial charge in [-0.15, -0.1) is 0 Å². The molecular weight excluding hydrogens is 347 g/mol. The Kier molecular flexibility index (Phi) is 6.79. The van der Waals surface area contributed by atoms with Crippen LogP contribution in [0.5, 0.6) is 0 Å². The lowest BCUT2D eigenvalue weighted by molar-refractivity contribution is -0.134. The zero-order valence-corrected chi connectivity index (χ0v) is 16.0. The molecule has 0 spiro atoms. The van der Waals surface area contributed by atoms with Gasteiger partial charge in [-0.3, -0.25) is 19.4 Å². The monoisotopic (exact) mass is 376 g/mol. The van der Waals surface area contributed by atoms with E-state index in [4.69, 9.17) is 0 Å². The number of nitrogens with zero attached hydrogens (tertiary/aromatic N) is 3. The number of halogens is 1. The van der Waals surface area contributed by atoms with Crippen molar-refractivity contribution in [3.05, 3.63) is 30.1 Å². The molecule has 7 heteroatoms. The molecule has 0 saturated carbocycles. The van der Waals surface area contributed by atoms with E-state index in [0.717, 1.165) is 52.1 Å². The molecule has 2 aliphatic heterocycles. The molecule has 6 nitrogen and oxygen atoms in total. The minimum Gasteiger partial charge on any atom is -0.342 e. The van der Waals surface area contributed by atoms with E-state index in [1.807, 2.05) is 11.8 Å². The summed E-state index contributed by atoms with van der Waals surface area (Å²) in [5.41, 5.74) is 0.470. The topological polar surface area (TPSA) is 55.9 Å². The molecule has 27 heavy (non-hydrogen) atoms. The summed E-state index contributed by atoms with van der Waals surface area (Å²) in [4.78, 5) is 31.1. The van der Waals surface area contributed by atoms with Crippen LogP contribution >= 0.6 is 0 Å². The molecule has 2 aliphatic rings. The van der Waals surface area contributed by atoms with Crippen molar-refractivity contribution in [2.75, 3.05) is 51.1 Å². The van der Waals surface area contributed by atoms with E-state index in [1.54, 1.807) is 12.1 Å². The Bertz CT molecular complexity index is 655. The lowest BCUT2D eigenvalue weighted by Crippen LogP contribution is -2.54. The highest BCUT2D eigenvalue weighted by Gasteiger charge is 2.27. The predicted molar refractivity (Wildman–Crippen MR) is 103 cm³/mol. The first-order valence-corrected chi connectivity index (χ1v) is 9.83. The molecule has 1 atom stereocenters. The maximum absolute atomic E-state index is 13.3. The molecule has 1 aromatic carbocycles. The van der Waals surface area contributed by atoms with E-state index < -0.39 is 0 Å². The normalized spacial score (nSPS) is 20.3. The smallest absolute Gasteiger partial charge is 0.241 e. The number of likely N-dealkylation sites (tertiary alicyclic amines) is 1. The Morgan fingerprint density at radius 2 is 1.78 bits per heavy atom. The summed E-state index contributed by atoms with van der Waals surface area (Å²) in [5.74, 6) is -0.286. The van der Waals surface area contributed by atoms with E-state index in [1.165, 1.54) is 18.6 Å². The van der Waals surface area contributed by atoms with Crippen LogP contribution in [0.3, 0.4) is 0 Å². The number of benzene rings is 1. The molecule has 148 valence electrons. The van der Waals surface area contributed by atoms with Crippen LogP contribution in [0.4, 0.5) is 10.1 Å². The van der Waals surface area contributed by atoms with Crippen molar-refractivity contribution in [2.24, 2.45) is 0 Å². The summed E-state index contributed by atoms with van der Waals surface area (Å²) in [5, 5.41) is 2.77. The number of piperidine rings is 1. The minimum atomic E-state index is -0.368. The first-order chi connectivity index (χ1) is 13.0. The number of rotatable bonds is 5. The Hall–Kier alpha value is -1.99. The molecule has 2 fully saturated rings. The Morgan fingerprint density at radius 3 is 2.44 bits per heavy atom. The van der Waals surface area contributed by atoms with E-state index in [2.05, 4.69) is 15.1 Å². The average molecular weight is 376 g/mol. The van der Waals surface area contributed by atoms with Crippen LogP contribution in [0.25, 0.3) is 0 Å². The fourth-order valence-electron chi connectivity index (χ4n) is 3.72. The van der Waals surface area contributed by atoms with Gasteiger partial charge in [0.05, 0.1) is 12.6 Å². The number of nitrogens with one attached hydrogen (secondary N) is 1. The third-order valence-electron chi connectivity index (χ3n) is 5.49. The van der Waals surface area contributed by atoms with Crippen molar-refractivity contribution in [3.63, 3.8) is 0 Å². The third-order valence-corrected chi connectivity index (χ3v) is 5.49. The summed E-state index contributed by atoms with van der Waals surface area (Å²) in [6, 6.07) is 5.62. The average Bonchev–Trinajstić information content (AvgIpc) is 2.68. The van der Waals surface area contributed by atoms with Gasteiger partial charge in [0.25, 0.3) is 0 Å². The Labute approximate surface area is 160 Å². The van der Waals surface area contributed by atoms with Gasteiger partial charge in [-0.25, -0.2) is 4.39 Å². The second kappa shape index (κ2) is 9.28. The first kappa shape index (κ1) is 19.8. The highest BCUT2D eigenvalue weighted by atomic mass is 19.1. The van der Waals surface area contributed by atoms with Gasteiger partial charge in [-0.1, -0.05) is 6.07 Å². The largest absolute Gasteiger partial charge is 0.342 e. The van der Waals surface area contributed by atoms with E-state index in [-0.39, 0.29) is 23.7 Å². The van der Waals surface area contributed by atoms with Crippen LogP contribution < -0.4 is 5.32 Å². The lowest BCUT2D eigenvalue weighted by atomic mass is 10.1. The summed E-state index contributed by atoms with van der Waals surface area (Å²) in [7, 11) is 0. The second-order valence-corrected chi connectivity index (χ2v) is 7.43. The zero-order chi connectivity index (χ0) is 19.2. The van der Waals surface area contributed by atoms with Crippen molar-refractivity contribution in [2.45, 2.75) is 32.2 Å². The van der Waals surface area contributed by atoms with Gasteiger partial charge < -0.3 is 10.2 Å². The van der Waals surface area contributed by atoms with Crippen molar-refractivity contribution >= 4 is 17.5 Å². The number of carbonyl (C=O) groups is 2.